The zero-order chi connectivity index (χ0) is 13.8. The molecule has 0 spiro atoms. The average Bonchev–Trinajstić information content (AvgIpc) is 2.78. The van der Waals surface area contributed by atoms with Crippen LogP contribution >= 0.6 is 0 Å². The Hall–Kier alpha value is -2.21. The summed E-state index contributed by atoms with van der Waals surface area (Å²) in [6.07, 6.45) is 1.79. The van der Waals surface area contributed by atoms with Gasteiger partial charge in [0.25, 0.3) is 5.69 Å². The van der Waals surface area contributed by atoms with E-state index in [9.17, 15) is 10.1 Å². The first-order chi connectivity index (χ1) is 9.13. The van der Waals surface area contributed by atoms with Crippen molar-refractivity contribution in [2.75, 3.05) is 6.54 Å². The second-order valence-electron chi connectivity index (χ2n) is 4.22. The van der Waals surface area contributed by atoms with Gasteiger partial charge in [0, 0.05) is 29.9 Å². The fraction of sp³-hybridized carbons (Fsp3) is 0.308. The molecule has 2 rings (SSSR count). The van der Waals surface area contributed by atoms with Crippen LogP contribution in [-0.2, 0) is 6.54 Å². The number of hydrogen-bond acceptors (Lipinski definition) is 4. The molecule has 0 unspecified atom stereocenters. The third-order valence-corrected chi connectivity index (χ3v) is 2.96. The SMILES string of the molecule is CCNCc1cnn(-c2cccc([N+](=O)[O-])c2)c1C. The number of aromatic nitrogens is 2. The lowest BCUT2D eigenvalue weighted by atomic mass is 10.2. The van der Waals surface area contributed by atoms with Gasteiger partial charge in [-0.1, -0.05) is 13.0 Å². The van der Waals surface area contributed by atoms with Crippen molar-refractivity contribution in [1.82, 2.24) is 15.1 Å². The van der Waals surface area contributed by atoms with Crippen molar-refractivity contribution in [3.8, 4) is 5.69 Å². The highest BCUT2D eigenvalue weighted by atomic mass is 16.6. The number of nitro groups is 1. The first-order valence-corrected chi connectivity index (χ1v) is 6.12. The predicted octanol–water partition coefficient (Wildman–Crippen LogP) is 2.20. The highest BCUT2D eigenvalue weighted by Gasteiger charge is 2.11. The van der Waals surface area contributed by atoms with Crippen molar-refractivity contribution in [1.29, 1.82) is 0 Å². The quantitative estimate of drug-likeness (QED) is 0.660. The van der Waals surface area contributed by atoms with E-state index in [-0.39, 0.29) is 5.69 Å². The molecule has 0 bridgehead atoms. The zero-order valence-electron chi connectivity index (χ0n) is 11.0. The van der Waals surface area contributed by atoms with Gasteiger partial charge in [0.15, 0.2) is 0 Å². The van der Waals surface area contributed by atoms with Crippen LogP contribution < -0.4 is 5.32 Å². The van der Waals surface area contributed by atoms with E-state index in [2.05, 4.69) is 10.4 Å². The van der Waals surface area contributed by atoms with Crippen LogP contribution in [0.3, 0.4) is 0 Å². The van der Waals surface area contributed by atoms with E-state index in [1.54, 1.807) is 16.9 Å². The molecule has 6 heteroatoms. The van der Waals surface area contributed by atoms with Gasteiger partial charge in [-0.25, -0.2) is 4.68 Å². The predicted molar refractivity (Wildman–Crippen MR) is 72.3 cm³/mol. The second-order valence-corrected chi connectivity index (χ2v) is 4.22. The second kappa shape index (κ2) is 5.62. The molecule has 2 aromatic rings. The molecule has 0 amide bonds. The summed E-state index contributed by atoms with van der Waals surface area (Å²) in [5.41, 5.74) is 2.85. The van der Waals surface area contributed by atoms with Gasteiger partial charge < -0.3 is 5.32 Å². The average molecular weight is 260 g/mol. The summed E-state index contributed by atoms with van der Waals surface area (Å²) in [5, 5.41) is 18.3. The lowest BCUT2D eigenvalue weighted by molar-refractivity contribution is -0.384. The minimum atomic E-state index is -0.401. The van der Waals surface area contributed by atoms with Gasteiger partial charge in [0.1, 0.15) is 0 Å². The van der Waals surface area contributed by atoms with Gasteiger partial charge in [-0.15, -0.1) is 0 Å². The van der Waals surface area contributed by atoms with Crippen LogP contribution in [0.15, 0.2) is 30.5 Å². The molecule has 0 saturated carbocycles. The highest BCUT2D eigenvalue weighted by molar-refractivity contribution is 5.44. The molecule has 1 aromatic carbocycles. The van der Waals surface area contributed by atoms with Crippen molar-refractivity contribution < 1.29 is 4.92 Å². The molecular formula is C13H16N4O2. The molecule has 0 aliphatic rings. The van der Waals surface area contributed by atoms with Crippen LogP contribution in [0, 0.1) is 17.0 Å². The molecule has 6 nitrogen and oxygen atoms in total. The maximum absolute atomic E-state index is 10.8. The molecule has 1 N–H and O–H groups in total. The van der Waals surface area contributed by atoms with Crippen LogP contribution in [-0.4, -0.2) is 21.2 Å². The lowest BCUT2D eigenvalue weighted by Crippen LogP contribution is -2.12. The van der Waals surface area contributed by atoms with E-state index in [1.165, 1.54) is 12.1 Å². The van der Waals surface area contributed by atoms with Gasteiger partial charge in [0.2, 0.25) is 0 Å². The highest BCUT2D eigenvalue weighted by Crippen LogP contribution is 2.19. The molecule has 19 heavy (non-hydrogen) atoms. The molecule has 0 radical (unpaired) electrons. The Morgan fingerprint density at radius 3 is 2.95 bits per heavy atom. The van der Waals surface area contributed by atoms with Gasteiger partial charge in [-0.3, -0.25) is 10.1 Å². The molecule has 1 heterocycles. The van der Waals surface area contributed by atoms with Crippen molar-refractivity contribution in [3.63, 3.8) is 0 Å². The van der Waals surface area contributed by atoms with Gasteiger partial charge in [-0.2, -0.15) is 5.10 Å². The molecule has 0 atom stereocenters. The van der Waals surface area contributed by atoms with E-state index in [1.807, 2.05) is 19.9 Å². The summed E-state index contributed by atoms with van der Waals surface area (Å²) in [4.78, 5) is 10.4. The van der Waals surface area contributed by atoms with E-state index >= 15 is 0 Å². The van der Waals surface area contributed by atoms with Crippen LogP contribution in [0.25, 0.3) is 5.69 Å². The molecule has 1 aromatic heterocycles. The van der Waals surface area contributed by atoms with Crippen LogP contribution in [0.4, 0.5) is 5.69 Å². The number of nitrogens with one attached hydrogen (secondary N) is 1. The maximum Gasteiger partial charge on any atom is 0.271 e. The Morgan fingerprint density at radius 2 is 2.26 bits per heavy atom. The lowest BCUT2D eigenvalue weighted by Gasteiger charge is -2.05. The number of hydrogen-bond donors (Lipinski definition) is 1. The molecule has 0 aliphatic carbocycles. The van der Waals surface area contributed by atoms with Crippen molar-refractivity contribution >= 4 is 5.69 Å². The molecule has 100 valence electrons. The van der Waals surface area contributed by atoms with Gasteiger partial charge >= 0.3 is 0 Å². The Labute approximate surface area is 111 Å². The molecule has 0 fully saturated rings. The van der Waals surface area contributed by atoms with E-state index in [4.69, 9.17) is 0 Å². The first-order valence-electron chi connectivity index (χ1n) is 6.12. The number of benzene rings is 1. The van der Waals surface area contributed by atoms with Crippen molar-refractivity contribution in [3.05, 3.63) is 51.8 Å². The third-order valence-electron chi connectivity index (χ3n) is 2.96. The van der Waals surface area contributed by atoms with Crippen molar-refractivity contribution in [2.45, 2.75) is 20.4 Å². The van der Waals surface area contributed by atoms with Crippen LogP contribution in [0.2, 0.25) is 0 Å². The monoisotopic (exact) mass is 260 g/mol. The van der Waals surface area contributed by atoms with Crippen LogP contribution in [0.5, 0.6) is 0 Å². The maximum atomic E-state index is 10.8. The molecule has 0 saturated heterocycles. The Balaban J connectivity index is 2.34. The Bertz CT molecular complexity index is 592. The largest absolute Gasteiger partial charge is 0.313 e. The number of nitrogens with zero attached hydrogens (tertiary/aromatic N) is 3. The summed E-state index contributed by atoms with van der Waals surface area (Å²) < 4.78 is 1.72. The first kappa shape index (κ1) is 13.2. The number of non-ortho nitro benzene ring substituents is 1. The summed E-state index contributed by atoms with van der Waals surface area (Å²) in [7, 11) is 0. The zero-order valence-corrected chi connectivity index (χ0v) is 11.0. The van der Waals surface area contributed by atoms with E-state index in [0.717, 1.165) is 24.3 Å². The standard InChI is InChI=1S/C13H16N4O2/c1-3-14-8-11-9-15-16(10(11)2)12-5-4-6-13(7-12)17(18)19/h4-7,9,14H,3,8H2,1-2H3. The van der Waals surface area contributed by atoms with Crippen LogP contribution in [0.1, 0.15) is 18.2 Å². The number of nitro benzene ring substituents is 1. The smallest absolute Gasteiger partial charge is 0.271 e. The number of rotatable bonds is 5. The summed E-state index contributed by atoms with van der Waals surface area (Å²) in [5.74, 6) is 0. The van der Waals surface area contributed by atoms with Gasteiger partial charge in [0.05, 0.1) is 16.8 Å². The summed E-state index contributed by atoms with van der Waals surface area (Å²) in [6, 6.07) is 6.47. The third kappa shape index (κ3) is 2.79. The van der Waals surface area contributed by atoms with E-state index in [0.29, 0.717) is 5.69 Å². The molecule has 0 aliphatic heterocycles. The van der Waals surface area contributed by atoms with Gasteiger partial charge in [-0.05, 0) is 19.5 Å². The topological polar surface area (TPSA) is 73.0 Å². The minimum Gasteiger partial charge on any atom is -0.313 e. The Morgan fingerprint density at radius 1 is 1.47 bits per heavy atom. The minimum absolute atomic E-state index is 0.0700. The normalized spacial score (nSPS) is 10.6. The Kier molecular flexibility index (Phi) is 3.91. The summed E-state index contributed by atoms with van der Waals surface area (Å²) >= 11 is 0. The summed E-state index contributed by atoms with van der Waals surface area (Å²) in [6.45, 7) is 5.64. The van der Waals surface area contributed by atoms with E-state index < -0.39 is 4.92 Å². The molecular weight excluding hydrogens is 244 g/mol. The fourth-order valence-corrected chi connectivity index (χ4v) is 1.88. The van der Waals surface area contributed by atoms with Crippen molar-refractivity contribution in [2.24, 2.45) is 0 Å². The fourth-order valence-electron chi connectivity index (χ4n) is 1.88.